The van der Waals surface area contributed by atoms with Crippen LogP contribution in [0.5, 0.6) is 5.75 Å². The van der Waals surface area contributed by atoms with E-state index in [1.54, 1.807) is 24.1 Å². The maximum Gasteiger partial charge on any atom is 0.277 e. The topological polar surface area (TPSA) is 74.0 Å². The first-order chi connectivity index (χ1) is 11.5. The SMILES string of the molecule is Cn1cc(Cl)c(C(=O)Nc2cnn(COc3ccc(Br)cc3)c2)n1. The van der Waals surface area contributed by atoms with Crippen molar-refractivity contribution in [3.63, 3.8) is 0 Å². The van der Waals surface area contributed by atoms with Crippen molar-refractivity contribution in [3.8, 4) is 5.75 Å². The summed E-state index contributed by atoms with van der Waals surface area (Å²) in [5.41, 5.74) is 0.694. The van der Waals surface area contributed by atoms with Crippen molar-refractivity contribution in [3.05, 3.63) is 58.0 Å². The van der Waals surface area contributed by atoms with E-state index in [1.165, 1.54) is 10.9 Å². The third-order valence-electron chi connectivity index (χ3n) is 3.07. The molecule has 0 radical (unpaired) electrons. The molecule has 0 spiro atoms. The number of aryl methyl sites for hydroxylation is 1. The van der Waals surface area contributed by atoms with Crippen LogP contribution in [0.1, 0.15) is 10.5 Å². The molecule has 2 heterocycles. The second kappa shape index (κ2) is 7.06. The molecule has 0 saturated carbocycles. The van der Waals surface area contributed by atoms with Gasteiger partial charge in [0.2, 0.25) is 0 Å². The number of anilines is 1. The Morgan fingerprint density at radius 1 is 1.33 bits per heavy atom. The molecule has 3 aromatic rings. The number of amides is 1. The summed E-state index contributed by atoms with van der Waals surface area (Å²) in [6.07, 6.45) is 4.75. The number of ether oxygens (including phenoxy) is 1. The lowest BCUT2D eigenvalue weighted by Crippen LogP contribution is -2.13. The van der Waals surface area contributed by atoms with Crippen LogP contribution >= 0.6 is 27.5 Å². The maximum atomic E-state index is 12.1. The molecule has 0 unspecified atom stereocenters. The molecule has 0 atom stereocenters. The van der Waals surface area contributed by atoms with E-state index in [1.807, 2.05) is 24.3 Å². The van der Waals surface area contributed by atoms with Crippen LogP contribution in [-0.2, 0) is 13.8 Å². The Morgan fingerprint density at radius 2 is 2.08 bits per heavy atom. The van der Waals surface area contributed by atoms with Gasteiger partial charge in [-0.1, -0.05) is 27.5 Å². The lowest BCUT2D eigenvalue weighted by atomic mass is 10.3. The van der Waals surface area contributed by atoms with Crippen LogP contribution in [0.15, 0.2) is 47.3 Å². The summed E-state index contributed by atoms with van der Waals surface area (Å²) in [5.74, 6) is 0.327. The zero-order valence-electron chi connectivity index (χ0n) is 12.6. The summed E-state index contributed by atoms with van der Waals surface area (Å²) in [6, 6.07) is 7.47. The maximum absolute atomic E-state index is 12.1. The highest BCUT2D eigenvalue weighted by Gasteiger charge is 2.15. The van der Waals surface area contributed by atoms with E-state index in [-0.39, 0.29) is 12.4 Å². The smallest absolute Gasteiger partial charge is 0.277 e. The molecule has 0 aliphatic carbocycles. The van der Waals surface area contributed by atoms with Crippen molar-refractivity contribution >= 4 is 39.1 Å². The first-order valence-corrected chi connectivity index (χ1v) is 8.09. The van der Waals surface area contributed by atoms with Crippen LogP contribution in [0.3, 0.4) is 0 Å². The highest BCUT2D eigenvalue weighted by molar-refractivity contribution is 9.10. The summed E-state index contributed by atoms with van der Waals surface area (Å²) >= 11 is 9.32. The zero-order chi connectivity index (χ0) is 17.1. The normalized spacial score (nSPS) is 10.6. The first-order valence-electron chi connectivity index (χ1n) is 6.92. The Hall–Kier alpha value is -2.32. The second-order valence-corrected chi connectivity index (χ2v) is 6.27. The molecule has 7 nitrogen and oxygen atoms in total. The molecule has 2 aromatic heterocycles. The molecule has 1 aromatic carbocycles. The van der Waals surface area contributed by atoms with Gasteiger partial charge in [-0.05, 0) is 24.3 Å². The van der Waals surface area contributed by atoms with Gasteiger partial charge in [-0.15, -0.1) is 0 Å². The predicted octanol–water partition coefficient (Wildman–Crippen LogP) is 3.32. The fourth-order valence-electron chi connectivity index (χ4n) is 1.97. The van der Waals surface area contributed by atoms with Crippen LogP contribution < -0.4 is 10.1 Å². The Kier molecular flexibility index (Phi) is 4.86. The average molecular weight is 411 g/mol. The molecular weight excluding hydrogens is 398 g/mol. The minimum atomic E-state index is -0.394. The minimum Gasteiger partial charge on any atom is -0.471 e. The largest absolute Gasteiger partial charge is 0.471 e. The zero-order valence-corrected chi connectivity index (χ0v) is 15.0. The highest BCUT2D eigenvalue weighted by atomic mass is 79.9. The molecule has 0 bridgehead atoms. The van der Waals surface area contributed by atoms with Gasteiger partial charge in [-0.25, -0.2) is 4.68 Å². The van der Waals surface area contributed by atoms with Crippen LogP contribution in [0, 0.1) is 0 Å². The Labute approximate surface area is 151 Å². The number of aromatic nitrogens is 4. The molecule has 0 fully saturated rings. The number of nitrogens with zero attached hydrogens (tertiary/aromatic N) is 4. The molecule has 0 saturated heterocycles. The quantitative estimate of drug-likeness (QED) is 0.700. The van der Waals surface area contributed by atoms with E-state index in [4.69, 9.17) is 16.3 Å². The van der Waals surface area contributed by atoms with Crippen molar-refractivity contribution < 1.29 is 9.53 Å². The van der Waals surface area contributed by atoms with Crippen LogP contribution in [0.25, 0.3) is 0 Å². The van der Waals surface area contributed by atoms with E-state index in [9.17, 15) is 4.79 Å². The molecular formula is C15H13BrClN5O2. The third kappa shape index (κ3) is 3.95. The predicted molar refractivity (Wildman–Crippen MR) is 93.2 cm³/mol. The lowest BCUT2D eigenvalue weighted by Gasteiger charge is -2.05. The number of carbonyl (C=O) groups is 1. The van der Waals surface area contributed by atoms with Crippen LogP contribution in [-0.4, -0.2) is 25.5 Å². The fourth-order valence-corrected chi connectivity index (χ4v) is 2.50. The number of rotatable bonds is 5. The first kappa shape index (κ1) is 16.5. The fraction of sp³-hybridized carbons (Fsp3) is 0.133. The summed E-state index contributed by atoms with van der Waals surface area (Å²) in [4.78, 5) is 12.1. The summed E-state index contributed by atoms with van der Waals surface area (Å²) in [7, 11) is 1.69. The highest BCUT2D eigenvalue weighted by Crippen LogP contribution is 2.17. The number of hydrogen-bond acceptors (Lipinski definition) is 4. The van der Waals surface area contributed by atoms with Crippen molar-refractivity contribution in [1.29, 1.82) is 0 Å². The third-order valence-corrected chi connectivity index (χ3v) is 3.87. The number of hydrogen-bond donors (Lipinski definition) is 1. The van der Waals surface area contributed by atoms with Crippen LogP contribution in [0.2, 0.25) is 5.02 Å². The monoisotopic (exact) mass is 409 g/mol. The molecule has 24 heavy (non-hydrogen) atoms. The standard InChI is InChI=1S/C15H13BrClN5O2/c1-21-8-13(17)14(20-21)15(23)19-11-6-18-22(7-11)9-24-12-4-2-10(16)3-5-12/h2-8H,9H2,1H3,(H,19,23). The van der Waals surface area contributed by atoms with E-state index >= 15 is 0 Å². The lowest BCUT2D eigenvalue weighted by molar-refractivity contribution is 0.102. The van der Waals surface area contributed by atoms with E-state index in [0.717, 1.165) is 10.2 Å². The molecule has 1 amide bonds. The summed E-state index contributed by atoms with van der Waals surface area (Å²) in [5, 5.41) is 11.1. The van der Waals surface area contributed by atoms with E-state index < -0.39 is 5.91 Å². The van der Waals surface area contributed by atoms with Gasteiger partial charge in [0.05, 0.1) is 23.1 Å². The molecule has 3 rings (SSSR count). The van der Waals surface area contributed by atoms with Gasteiger partial charge >= 0.3 is 0 Å². The number of benzene rings is 1. The Balaban J connectivity index is 1.60. The summed E-state index contributed by atoms with van der Waals surface area (Å²) < 4.78 is 9.63. The van der Waals surface area contributed by atoms with Gasteiger partial charge in [-0.3, -0.25) is 9.48 Å². The van der Waals surface area contributed by atoms with Gasteiger partial charge in [0, 0.05) is 17.7 Å². The second-order valence-electron chi connectivity index (χ2n) is 4.95. The van der Waals surface area contributed by atoms with Crippen LogP contribution in [0.4, 0.5) is 5.69 Å². The minimum absolute atomic E-state index is 0.165. The van der Waals surface area contributed by atoms with Crippen molar-refractivity contribution in [2.24, 2.45) is 7.05 Å². The Morgan fingerprint density at radius 3 is 2.75 bits per heavy atom. The van der Waals surface area contributed by atoms with Gasteiger partial charge in [0.25, 0.3) is 5.91 Å². The molecule has 124 valence electrons. The Bertz CT molecular complexity index is 859. The van der Waals surface area contributed by atoms with E-state index in [2.05, 4.69) is 31.4 Å². The number of carbonyl (C=O) groups excluding carboxylic acids is 1. The molecule has 0 aliphatic rings. The van der Waals surface area contributed by atoms with Crippen molar-refractivity contribution in [1.82, 2.24) is 19.6 Å². The number of nitrogens with one attached hydrogen (secondary N) is 1. The average Bonchev–Trinajstić information content (AvgIpc) is 3.12. The summed E-state index contributed by atoms with van der Waals surface area (Å²) in [6.45, 7) is 0.224. The number of halogens is 2. The van der Waals surface area contributed by atoms with Gasteiger partial charge < -0.3 is 10.1 Å². The molecule has 9 heteroatoms. The molecule has 1 N–H and O–H groups in total. The van der Waals surface area contributed by atoms with Gasteiger partial charge in [0.1, 0.15) is 5.75 Å². The van der Waals surface area contributed by atoms with E-state index in [0.29, 0.717) is 10.7 Å². The molecule has 0 aliphatic heterocycles. The van der Waals surface area contributed by atoms with Gasteiger partial charge in [0.15, 0.2) is 12.4 Å². The van der Waals surface area contributed by atoms with Gasteiger partial charge in [-0.2, -0.15) is 10.2 Å². The van der Waals surface area contributed by atoms with Crippen molar-refractivity contribution in [2.75, 3.05) is 5.32 Å². The van der Waals surface area contributed by atoms with Crippen molar-refractivity contribution in [2.45, 2.75) is 6.73 Å².